The van der Waals surface area contributed by atoms with Gasteiger partial charge in [-0.1, -0.05) is 44.2 Å². The molecule has 0 aliphatic carbocycles. The van der Waals surface area contributed by atoms with Gasteiger partial charge in [-0.2, -0.15) is 0 Å². The molecule has 416 valence electrons. The summed E-state index contributed by atoms with van der Waals surface area (Å²) in [5, 5.41) is 68.5. The first-order valence-corrected chi connectivity index (χ1v) is 26.7. The Labute approximate surface area is 438 Å². The molecule has 19 nitrogen and oxygen atoms in total. The number of aromatic nitrogens is 4. The molecule has 0 radical (unpaired) electrons. The van der Waals surface area contributed by atoms with Crippen LogP contribution in [0.1, 0.15) is 107 Å². The van der Waals surface area contributed by atoms with Crippen LogP contribution in [0.3, 0.4) is 0 Å². The minimum absolute atomic E-state index is 0.104. The number of likely N-dealkylation sites (N-methyl/N-ethyl adjacent to an activating group) is 2. The Morgan fingerprint density at radius 2 is 1.65 bits per heavy atom. The van der Waals surface area contributed by atoms with Gasteiger partial charge < -0.3 is 68.5 Å². The highest BCUT2D eigenvalue weighted by molar-refractivity contribution is 5.73. The van der Waals surface area contributed by atoms with Crippen LogP contribution in [0.4, 0.5) is 0 Å². The van der Waals surface area contributed by atoms with E-state index in [4.69, 9.17) is 33.2 Å². The van der Waals surface area contributed by atoms with E-state index in [0.717, 1.165) is 29.0 Å². The maximum atomic E-state index is 14.5. The highest BCUT2D eigenvalue weighted by Crippen LogP contribution is 2.40. The third kappa shape index (κ3) is 14.5. The van der Waals surface area contributed by atoms with Crippen LogP contribution in [0.2, 0.25) is 0 Å². The van der Waals surface area contributed by atoms with Gasteiger partial charge in [-0.05, 0) is 117 Å². The average molecular weight is 1040 g/mol. The van der Waals surface area contributed by atoms with E-state index >= 15 is 0 Å². The molecule has 3 aliphatic rings. The molecule has 0 amide bonds. The number of aliphatic hydroxyl groups is 5. The van der Waals surface area contributed by atoms with E-state index in [1.807, 2.05) is 93.2 Å². The number of cyclic esters (lactones) is 1. The summed E-state index contributed by atoms with van der Waals surface area (Å²) in [6, 6.07) is 10.9. The largest absolute Gasteiger partial charge is 0.494 e. The van der Waals surface area contributed by atoms with Gasteiger partial charge in [-0.15, -0.1) is 5.10 Å². The van der Waals surface area contributed by atoms with Crippen LogP contribution in [-0.2, 0) is 46.2 Å². The van der Waals surface area contributed by atoms with Crippen molar-refractivity contribution in [3.05, 3.63) is 60.7 Å². The van der Waals surface area contributed by atoms with Crippen molar-refractivity contribution in [1.29, 1.82) is 0 Å². The summed E-state index contributed by atoms with van der Waals surface area (Å²) in [5.74, 6) is -1.98. The molecule has 74 heavy (non-hydrogen) atoms. The molecule has 18 atom stereocenters. The number of esters is 1. The Bertz CT molecular complexity index is 2190. The summed E-state index contributed by atoms with van der Waals surface area (Å²) in [6.45, 7) is 19.7. The Morgan fingerprint density at radius 3 is 2.31 bits per heavy atom. The number of pyridine rings is 1. The molecule has 3 aliphatic heterocycles. The molecule has 3 saturated heterocycles. The number of nitrogens with zero attached hydrogens (tertiary/aromatic N) is 6. The molecule has 2 aromatic heterocycles. The van der Waals surface area contributed by atoms with Gasteiger partial charge in [-0.25, -0.2) is 0 Å². The van der Waals surface area contributed by atoms with E-state index in [1.54, 1.807) is 47.7 Å². The highest BCUT2D eigenvalue weighted by Gasteiger charge is 2.53. The second-order valence-corrected chi connectivity index (χ2v) is 22.4. The number of carbonyl (C=O) groups is 1. The lowest BCUT2D eigenvalue weighted by Crippen LogP contribution is -2.61. The smallest absolute Gasteiger partial charge is 0.311 e. The Kier molecular flexibility index (Phi) is 20.6. The molecular formula is C55H88N6O13. The molecule has 0 bridgehead atoms. The van der Waals surface area contributed by atoms with Crippen LogP contribution < -0.4 is 4.74 Å². The number of benzene rings is 1. The van der Waals surface area contributed by atoms with Crippen molar-refractivity contribution in [2.75, 3.05) is 40.9 Å². The number of ether oxygens (including phenoxy) is 7. The standard InChI is InChI=1S/C55H88N6O13/c1-14-44-55(10,67)48(63)37(6)60(12)31-33(2)28-53(8,66)50(35(4)47(36(5)51(65)72-44)73-45-29-54(9,68-13)49(64)38(7)71-45)74-52-46(62)43(27-34(3)70-52)59(11)25-22-41-32-61(58-57-41)24-16-26-69-42-20-18-39(19-21-42)40-17-15-23-56-30-40/h15,17-21,23,30,32-38,43-50,52,62-64,66-67H,14,16,22,24-29,31H2,1-13H3/t33-,34-,35+,36-,37-,38+,43+,44-,45+,46-,47+,48-,49+,50-,52+,53-,54-,55-/m1/s1. The van der Waals surface area contributed by atoms with E-state index < -0.39 is 102 Å². The highest BCUT2D eigenvalue weighted by atomic mass is 16.7. The normalized spacial score (nSPS) is 38.3. The van der Waals surface area contributed by atoms with Crippen molar-refractivity contribution in [2.45, 2.75) is 205 Å². The predicted octanol–water partition coefficient (Wildman–Crippen LogP) is 4.64. The number of aliphatic hydroxyl groups excluding tert-OH is 3. The minimum atomic E-state index is -1.83. The van der Waals surface area contributed by atoms with Crippen LogP contribution in [0.15, 0.2) is 55.0 Å². The van der Waals surface area contributed by atoms with E-state index in [-0.39, 0.29) is 31.3 Å². The molecule has 3 fully saturated rings. The summed E-state index contributed by atoms with van der Waals surface area (Å²) < 4.78 is 46.2. The first-order valence-electron chi connectivity index (χ1n) is 26.7. The van der Waals surface area contributed by atoms with Gasteiger partial charge in [-0.3, -0.25) is 14.5 Å². The van der Waals surface area contributed by atoms with Gasteiger partial charge in [0.25, 0.3) is 0 Å². The van der Waals surface area contributed by atoms with E-state index in [9.17, 15) is 30.3 Å². The van der Waals surface area contributed by atoms with Gasteiger partial charge in [0.15, 0.2) is 12.6 Å². The predicted molar refractivity (Wildman–Crippen MR) is 277 cm³/mol. The third-order valence-electron chi connectivity index (χ3n) is 16.1. The van der Waals surface area contributed by atoms with Crippen LogP contribution in [0.5, 0.6) is 5.75 Å². The van der Waals surface area contributed by atoms with Crippen molar-refractivity contribution in [3.63, 3.8) is 0 Å². The maximum Gasteiger partial charge on any atom is 0.311 e. The first-order chi connectivity index (χ1) is 34.9. The molecule has 0 unspecified atom stereocenters. The zero-order valence-corrected chi connectivity index (χ0v) is 46.1. The average Bonchev–Trinajstić information content (AvgIpc) is 3.83. The molecule has 19 heteroatoms. The van der Waals surface area contributed by atoms with Crippen LogP contribution in [0, 0.1) is 17.8 Å². The number of hydrogen-bond donors (Lipinski definition) is 5. The molecule has 0 saturated carbocycles. The van der Waals surface area contributed by atoms with Gasteiger partial charge in [0, 0.05) is 82.6 Å². The summed E-state index contributed by atoms with van der Waals surface area (Å²) in [7, 11) is 5.30. The zero-order valence-electron chi connectivity index (χ0n) is 46.1. The Balaban J connectivity index is 1.18. The summed E-state index contributed by atoms with van der Waals surface area (Å²) in [6.07, 6.45) is -2.16. The summed E-state index contributed by atoms with van der Waals surface area (Å²) >= 11 is 0. The van der Waals surface area contributed by atoms with E-state index in [0.29, 0.717) is 39.1 Å². The number of rotatable bonds is 16. The number of aryl methyl sites for hydroxylation is 1. The molecule has 3 aromatic rings. The number of methoxy groups -OCH3 is 1. The number of hydrogen-bond acceptors (Lipinski definition) is 18. The number of carbonyl (C=O) groups excluding carboxylic acids is 1. The first kappa shape index (κ1) is 59.5. The third-order valence-corrected chi connectivity index (χ3v) is 16.1. The Morgan fingerprint density at radius 1 is 0.932 bits per heavy atom. The van der Waals surface area contributed by atoms with Crippen LogP contribution in [-0.4, -0.2) is 192 Å². The quantitative estimate of drug-likeness (QED) is 0.0972. The summed E-state index contributed by atoms with van der Waals surface area (Å²) in [5.41, 5.74) is -1.60. The topological polar surface area (TPSA) is 233 Å². The molecule has 5 heterocycles. The van der Waals surface area contributed by atoms with Gasteiger partial charge in [0.2, 0.25) is 0 Å². The molecular weight excluding hydrogens is 953 g/mol. The van der Waals surface area contributed by atoms with Gasteiger partial charge >= 0.3 is 5.97 Å². The fourth-order valence-corrected chi connectivity index (χ4v) is 11.4. The second kappa shape index (κ2) is 25.6. The lowest BCUT2D eigenvalue weighted by molar-refractivity contribution is -0.318. The van der Waals surface area contributed by atoms with Crippen molar-refractivity contribution < 1.29 is 63.5 Å². The van der Waals surface area contributed by atoms with Gasteiger partial charge in [0.05, 0.1) is 53.8 Å². The second-order valence-electron chi connectivity index (χ2n) is 22.4. The SMILES string of the molecule is CC[C@H]1OC(=O)[C@H](C)[C@@H](O[C@H]2C[C@@](C)(OC)[C@@H](O)[C@H](C)O2)[C@H](C)[C@@H](O[C@@H]2O[C@H](C)C[C@H](N(C)CCc3cn(CCCOc4ccc(-c5cccnc5)cc4)nn3)[C@H]2O)[C@](C)(O)C[C@@H](C)CN(C)[C@H](C)[C@@H](O)[C@]1(C)O. The van der Waals surface area contributed by atoms with Crippen LogP contribution in [0.25, 0.3) is 11.1 Å². The zero-order chi connectivity index (χ0) is 54.3. The lowest BCUT2D eigenvalue weighted by atomic mass is 9.77. The molecule has 1 aromatic carbocycles. The van der Waals surface area contributed by atoms with Gasteiger partial charge in [0.1, 0.15) is 35.8 Å². The molecule has 6 rings (SSSR count). The summed E-state index contributed by atoms with van der Waals surface area (Å²) in [4.78, 5) is 22.7. The van der Waals surface area contributed by atoms with Crippen molar-refractivity contribution in [3.8, 4) is 16.9 Å². The lowest BCUT2D eigenvalue weighted by Gasteiger charge is -2.49. The molecule has 0 spiro atoms. The van der Waals surface area contributed by atoms with Crippen molar-refractivity contribution in [1.82, 2.24) is 29.8 Å². The maximum absolute atomic E-state index is 14.5. The van der Waals surface area contributed by atoms with E-state index in [1.165, 1.54) is 14.0 Å². The minimum Gasteiger partial charge on any atom is -0.494 e. The van der Waals surface area contributed by atoms with E-state index in [2.05, 4.69) is 20.2 Å². The monoisotopic (exact) mass is 1040 g/mol. The van der Waals surface area contributed by atoms with Crippen molar-refractivity contribution in [2.24, 2.45) is 17.8 Å². The molecule has 5 N–H and O–H groups in total. The fourth-order valence-electron chi connectivity index (χ4n) is 11.4. The van der Waals surface area contributed by atoms with Crippen molar-refractivity contribution >= 4 is 5.97 Å². The fraction of sp³-hybridized carbons (Fsp3) is 0.745. The Hall–Kier alpha value is -3.70. The van der Waals surface area contributed by atoms with Crippen LogP contribution >= 0.6 is 0 Å².